The monoisotopic (exact) mass is 197 g/mol. The van der Waals surface area contributed by atoms with Crippen LogP contribution in [0.4, 0.5) is 4.79 Å². The second-order valence-electron chi connectivity index (χ2n) is 3.34. The highest BCUT2D eigenvalue weighted by atomic mass is 16.6. The average Bonchev–Trinajstić information content (AvgIpc) is 2.53. The number of alkyl carbamates (subject to hydrolysis) is 1. The van der Waals surface area contributed by atoms with E-state index in [0.717, 1.165) is 0 Å². The summed E-state index contributed by atoms with van der Waals surface area (Å²) in [5, 5.41) is 2.66. The lowest BCUT2D eigenvalue weighted by atomic mass is 10.3. The van der Waals surface area contributed by atoms with E-state index in [-0.39, 0.29) is 12.1 Å². The molecule has 0 radical (unpaired) electrons. The van der Waals surface area contributed by atoms with Crippen molar-refractivity contribution in [1.82, 2.24) is 5.32 Å². The molecule has 0 saturated carbocycles. The zero-order chi connectivity index (χ0) is 10.6. The lowest BCUT2D eigenvalue weighted by Crippen LogP contribution is -2.29. The van der Waals surface area contributed by atoms with Crippen molar-refractivity contribution >= 4 is 6.09 Å². The number of carbonyl (C=O) groups is 1. The first kappa shape index (κ1) is 10.6. The molecule has 1 aromatic rings. The van der Waals surface area contributed by atoms with Crippen molar-refractivity contribution in [1.29, 1.82) is 0 Å². The first-order valence-corrected chi connectivity index (χ1v) is 4.60. The first-order chi connectivity index (χ1) is 6.59. The number of ether oxygens (including phenoxy) is 1. The maximum Gasteiger partial charge on any atom is 0.407 e. The molecule has 0 aliphatic rings. The minimum absolute atomic E-state index is 0.112. The number of nitrogens with one attached hydrogen (secondary N) is 1. The first-order valence-electron chi connectivity index (χ1n) is 4.60. The summed E-state index contributed by atoms with van der Waals surface area (Å²) in [4.78, 5) is 11.2. The molecule has 1 unspecified atom stereocenters. The molecule has 78 valence electrons. The molecule has 1 aromatic heterocycles. The molecule has 0 bridgehead atoms. The second kappa shape index (κ2) is 4.69. The molecule has 1 N–H and O–H groups in total. The Morgan fingerprint density at radius 2 is 2.21 bits per heavy atom. The van der Waals surface area contributed by atoms with Crippen LogP contribution in [0, 0.1) is 0 Å². The SMILES string of the molecule is CC(C)OC(=O)NC(C)c1ccco1. The minimum atomic E-state index is -0.427. The number of hydrogen-bond donors (Lipinski definition) is 1. The predicted molar refractivity (Wildman–Crippen MR) is 51.9 cm³/mol. The topological polar surface area (TPSA) is 51.5 Å². The molecular weight excluding hydrogens is 182 g/mol. The molecule has 1 rings (SSSR count). The Hall–Kier alpha value is -1.45. The lowest BCUT2D eigenvalue weighted by molar-refractivity contribution is 0.112. The predicted octanol–water partition coefficient (Wildman–Crippen LogP) is 2.48. The summed E-state index contributed by atoms with van der Waals surface area (Å²) in [5.41, 5.74) is 0. The summed E-state index contributed by atoms with van der Waals surface area (Å²) in [5.74, 6) is 0.714. The van der Waals surface area contributed by atoms with Gasteiger partial charge in [-0.05, 0) is 32.9 Å². The Bertz CT molecular complexity index is 280. The van der Waals surface area contributed by atoms with E-state index in [1.165, 1.54) is 0 Å². The van der Waals surface area contributed by atoms with E-state index in [1.54, 1.807) is 32.2 Å². The van der Waals surface area contributed by atoms with Gasteiger partial charge in [0.2, 0.25) is 0 Å². The van der Waals surface area contributed by atoms with Crippen molar-refractivity contribution < 1.29 is 13.9 Å². The summed E-state index contributed by atoms with van der Waals surface area (Å²) >= 11 is 0. The van der Waals surface area contributed by atoms with Crippen LogP contribution in [0.1, 0.15) is 32.6 Å². The van der Waals surface area contributed by atoms with E-state index in [2.05, 4.69) is 5.32 Å². The van der Waals surface area contributed by atoms with Gasteiger partial charge in [0.1, 0.15) is 5.76 Å². The van der Waals surface area contributed by atoms with Crippen LogP contribution in [-0.2, 0) is 4.74 Å². The van der Waals surface area contributed by atoms with E-state index >= 15 is 0 Å². The number of hydrogen-bond acceptors (Lipinski definition) is 3. The number of furan rings is 1. The highest BCUT2D eigenvalue weighted by Crippen LogP contribution is 2.12. The maximum absolute atomic E-state index is 11.2. The largest absolute Gasteiger partial charge is 0.467 e. The van der Waals surface area contributed by atoms with E-state index in [0.29, 0.717) is 5.76 Å². The van der Waals surface area contributed by atoms with Gasteiger partial charge in [0.15, 0.2) is 0 Å². The fourth-order valence-electron chi connectivity index (χ4n) is 1.03. The van der Waals surface area contributed by atoms with Gasteiger partial charge in [-0.25, -0.2) is 4.79 Å². The highest BCUT2D eigenvalue weighted by molar-refractivity contribution is 5.67. The van der Waals surface area contributed by atoms with Gasteiger partial charge in [-0.15, -0.1) is 0 Å². The average molecular weight is 197 g/mol. The van der Waals surface area contributed by atoms with E-state index in [9.17, 15) is 4.79 Å². The molecule has 0 aliphatic carbocycles. The Morgan fingerprint density at radius 3 is 2.71 bits per heavy atom. The third kappa shape index (κ3) is 3.12. The molecule has 0 spiro atoms. The van der Waals surface area contributed by atoms with Crippen molar-refractivity contribution in [3.05, 3.63) is 24.2 Å². The summed E-state index contributed by atoms with van der Waals surface area (Å²) < 4.78 is 10.1. The zero-order valence-corrected chi connectivity index (χ0v) is 8.61. The van der Waals surface area contributed by atoms with Crippen molar-refractivity contribution in [2.45, 2.75) is 32.9 Å². The summed E-state index contributed by atoms with van der Waals surface area (Å²) in [6.45, 7) is 5.44. The van der Waals surface area contributed by atoms with E-state index in [4.69, 9.17) is 9.15 Å². The smallest absolute Gasteiger partial charge is 0.407 e. The molecule has 0 aliphatic heterocycles. The van der Waals surface area contributed by atoms with Crippen LogP contribution >= 0.6 is 0 Å². The third-order valence-electron chi connectivity index (χ3n) is 1.65. The zero-order valence-electron chi connectivity index (χ0n) is 8.61. The number of carbonyl (C=O) groups excluding carboxylic acids is 1. The number of amides is 1. The summed E-state index contributed by atoms with van der Waals surface area (Å²) in [7, 11) is 0. The second-order valence-corrected chi connectivity index (χ2v) is 3.34. The Morgan fingerprint density at radius 1 is 1.50 bits per heavy atom. The Kier molecular flexibility index (Phi) is 3.56. The fraction of sp³-hybridized carbons (Fsp3) is 0.500. The van der Waals surface area contributed by atoms with Crippen LogP contribution in [0.5, 0.6) is 0 Å². The van der Waals surface area contributed by atoms with Gasteiger partial charge in [0.25, 0.3) is 0 Å². The molecule has 1 heterocycles. The highest BCUT2D eigenvalue weighted by Gasteiger charge is 2.12. The molecule has 1 amide bonds. The third-order valence-corrected chi connectivity index (χ3v) is 1.65. The van der Waals surface area contributed by atoms with Gasteiger partial charge in [-0.1, -0.05) is 0 Å². The van der Waals surface area contributed by atoms with Crippen LogP contribution in [0.2, 0.25) is 0 Å². The van der Waals surface area contributed by atoms with Crippen LogP contribution < -0.4 is 5.32 Å². The quantitative estimate of drug-likeness (QED) is 0.809. The van der Waals surface area contributed by atoms with Crippen molar-refractivity contribution in [3.8, 4) is 0 Å². The molecular formula is C10H15NO3. The Labute approximate surface area is 83.2 Å². The van der Waals surface area contributed by atoms with Gasteiger partial charge >= 0.3 is 6.09 Å². The van der Waals surface area contributed by atoms with Gasteiger partial charge in [-0.3, -0.25) is 0 Å². The Balaban J connectivity index is 2.41. The summed E-state index contributed by atoms with van der Waals surface area (Å²) in [6, 6.07) is 3.41. The standard InChI is InChI=1S/C10H15NO3/c1-7(2)14-10(12)11-8(3)9-5-4-6-13-9/h4-8H,1-3H3,(H,11,12). The lowest BCUT2D eigenvalue weighted by Gasteiger charge is -2.13. The van der Waals surface area contributed by atoms with Gasteiger partial charge < -0.3 is 14.5 Å². The normalized spacial score (nSPS) is 12.6. The van der Waals surface area contributed by atoms with Gasteiger partial charge in [-0.2, -0.15) is 0 Å². The molecule has 14 heavy (non-hydrogen) atoms. The molecule has 0 saturated heterocycles. The van der Waals surface area contributed by atoms with Gasteiger partial charge in [0.05, 0.1) is 18.4 Å². The fourth-order valence-corrected chi connectivity index (χ4v) is 1.03. The van der Waals surface area contributed by atoms with Crippen LogP contribution in [0.25, 0.3) is 0 Å². The van der Waals surface area contributed by atoms with Crippen LogP contribution in [0.15, 0.2) is 22.8 Å². The van der Waals surface area contributed by atoms with E-state index in [1.807, 2.05) is 6.92 Å². The number of rotatable bonds is 3. The molecule has 0 aromatic carbocycles. The molecule has 1 atom stereocenters. The molecule has 0 fully saturated rings. The van der Waals surface area contributed by atoms with Gasteiger partial charge in [0, 0.05) is 0 Å². The maximum atomic E-state index is 11.2. The van der Waals surface area contributed by atoms with Crippen LogP contribution in [0.3, 0.4) is 0 Å². The van der Waals surface area contributed by atoms with Crippen molar-refractivity contribution in [2.75, 3.05) is 0 Å². The van der Waals surface area contributed by atoms with Crippen LogP contribution in [-0.4, -0.2) is 12.2 Å². The molecule has 4 heteroatoms. The molecule has 4 nitrogen and oxygen atoms in total. The van der Waals surface area contributed by atoms with E-state index < -0.39 is 6.09 Å². The van der Waals surface area contributed by atoms with Crippen molar-refractivity contribution in [3.63, 3.8) is 0 Å². The minimum Gasteiger partial charge on any atom is -0.467 e. The summed E-state index contributed by atoms with van der Waals surface area (Å²) in [6.07, 6.45) is 1.03. The van der Waals surface area contributed by atoms with Crippen molar-refractivity contribution in [2.24, 2.45) is 0 Å².